The third-order valence-corrected chi connectivity index (χ3v) is 7.26. The number of Topliss-reactive ketones (excluding diaryl/α,β-unsaturated/α-hetero) is 1. The van der Waals surface area contributed by atoms with Crippen molar-refractivity contribution in [2.24, 2.45) is 11.3 Å². The van der Waals surface area contributed by atoms with E-state index in [4.69, 9.17) is 0 Å². The number of aryl methyl sites for hydroxylation is 1. The molecule has 4 amide bonds. The third kappa shape index (κ3) is 7.82. The summed E-state index contributed by atoms with van der Waals surface area (Å²) in [6.07, 6.45) is 1.09. The van der Waals surface area contributed by atoms with Crippen LogP contribution in [0.1, 0.15) is 61.5 Å². The first-order valence-electron chi connectivity index (χ1n) is 12.2. The molecular formula is C26H34FN5O4S. The van der Waals surface area contributed by atoms with Crippen LogP contribution >= 0.6 is 11.3 Å². The number of hydrogen-bond donors (Lipinski definition) is 3. The van der Waals surface area contributed by atoms with Crippen molar-refractivity contribution in [3.63, 3.8) is 0 Å². The van der Waals surface area contributed by atoms with Gasteiger partial charge in [0.2, 0.25) is 5.91 Å². The monoisotopic (exact) mass is 531 g/mol. The van der Waals surface area contributed by atoms with Gasteiger partial charge >= 0.3 is 6.03 Å². The van der Waals surface area contributed by atoms with Gasteiger partial charge in [0.05, 0.1) is 10.6 Å². The molecule has 2 aromatic rings. The number of nitrogens with zero attached hydrogens (tertiary/aromatic N) is 2. The Morgan fingerprint density at radius 2 is 1.84 bits per heavy atom. The van der Waals surface area contributed by atoms with Crippen molar-refractivity contribution in [1.82, 2.24) is 20.5 Å². The molecule has 0 bridgehead atoms. The van der Waals surface area contributed by atoms with E-state index in [1.165, 1.54) is 19.1 Å². The smallest absolute Gasteiger partial charge is 0.323 e. The molecule has 2 heterocycles. The Bertz CT molecular complexity index is 1160. The summed E-state index contributed by atoms with van der Waals surface area (Å²) in [5, 5.41) is 7.99. The van der Waals surface area contributed by atoms with Crippen molar-refractivity contribution >= 4 is 40.1 Å². The minimum absolute atomic E-state index is 0.158. The number of carbonyl (C=O) groups is 4. The van der Waals surface area contributed by atoms with E-state index in [1.807, 2.05) is 0 Å². The minimum atomic E-state index is -1.29. The van der Waals surface area contributed by atoms with Crippen molar-refractivity contribution in [2.45, 2.75) is 60.0 Å². The number of ketones is 1. The standard InChI is InChI=1S/C26H34FN5O4S/c1-15-20(16(2)33)37-25(28-15)31-24(36)30-21(29-23(35)26(3,4)5)22(34)32-12-6-7-18(14-32)13-17-8-10-19(27)11-9-17/h8-11,18,21H,6-7,12-14H2,1-5H3,(H,29,35)(H2,28,30,31,36)/t18-,21?/m0/s1. The highest BCUT2D eigenvalue weighted by atomic mass is 32.1. The van der Waals surface area contributed by atoms with Gasteiger partial charge in [-0.3, -0.25) is 19.7 Å². The van der Waals surface area contributed by atoms with Gasteiger partial charge < -0.3 is 15.5 Å². The van der Waals surface area contributed by atoms with Crippen molar-refractivity contribution in [2.75, 3.05) is 18.4 Å². The summed E-state index contributed by atoms with van der Waals surface area (Å²) in [7, 11) is 0. The van der Waals surface area contributed by atoms with Crippen LogP contribution in [0.5, 0.6) is 0 Å². The number of piperidine rings is 1. The molecule has 1 aromatic heterocycles. The van der Waals surface area contributed by atoms with E-state index in [0.717, 1.165) is 29.7 Å². The second-order valence-corrected chi connectivity index (χ2v) is 11.4. The summed E-state index contributed by atoms with van der Waals surface area (Å²) in [5.41, 5.74) is 0.702. The SMILES string of the molecule is CC(=O)c1sc(NC(=O)NC(NC(=O)C(C)(C)C)C(=O)N2CCC[C@@H](Cc3ccc(F)cc3)C2)nc1C. The Morgan fingerprint density at radius 1 is 1.16 bits per heavy atom. The summed E-state index contributed by atoms with van der Waals surface area (Å²) >= 11 is 1.04. The number of halogens is 1. The Kier molecular flexibility index (Phi) is 9.01. The van der Waals surface area contributed by atoms with E-state index in [-0.39, 0.29) is 22.6 Å². The maximum atomic E-state index is 13.5. The van der Waals surface area contributed by atoms with E-state index >= 15 is 0 Å². The van der Waals surface area contributed by atoms with Crippen LogP contribution in [0.3, 0.4) is 0 Å². The van der Waals surface area contributed by atoms with Gasteiger partial charge in [0.15, 0.2) is 17.1 Å². The number of anilines is 1. The maximum Gasteiger partial charge on any atom is 0.323 e. The molecular weight excluding hydrogens is 497 g/mol. The number of benzene rings is 1. The highest BCUT2D eigenvalue weighted by molar-refractivity contribution is 7.17. The lowest BCUT2D eigenvalue weighted by molar-refractivity contribution is -0.140. The zero-order chi connectivity index (χ0) is 27.3. The molecule has 1 aliphatic rings. The van der Waals surface area contributed by atoms with Crippen LogP contribution in [0.15, 0.2) is 24.3 Å². The minimum Gasteiger partial charge on any atom is -0.339 e. The van der Waals surface area contributed by atoms with Crippen LogP contribution in [-0.2, 0) is 16.0 Å². The van der Waals surface area contributed by atoms with Crippen LogP contribution in [0.4, 0.5) is 14.3 Å². The number of amides is 4. The highest BCUT2D eigenvalue weighted by Crippen LogP contribution is 2.24. The average Bonchev–Trinajstić information content (AvgIpc) is 3.19. The van der Waals surface area contributed by atoms with Crippen LogP contribution in [0.2, 0.25) is 0 Å². The van der Waals surface area contributed by atoms with E-state index < -0.39 is 29.4 Å². The zero-order valence-electron chi connectivity index (χ0n) is 21.8. The molecule has 0 spiro atoms. The number of urea groups is 1. The summed E-state index contributed by atoms with van der Waals surface area (Å²) < 4.78 is 13.3. The summed E-state index contributed by atoms with van der Waals surface area (Å²) in [4.78, 5) is 57.0. The number of hydrogen-bond acceptors (Lipinski definition) is 6. The second kappa shape index (κ2) is 11.8. The molecule has 3 rings (SSSR count). The molecule has 200 valence electrons. The van der Waals surface area contributed by atoms with E-state index in [0.29, 0.717) is 30.1 Å². The van der Waals surface area contributed by atoms with Gasteiger partial charge in [-0.05, 0) is 49.8 Å². The van der Waals surface area contributed by atoms with Crippen molar-refractivity contribution in [3.8, 4) is 0 Å². The number of thiazole rings is 1. The summed E-state index contributed by atoms with van der Waals surface area (Å²) in [6, 6.07) is 5.60. The number of nitrogens with one attached hydrogen (secondary N) is 3. The Balaban J connectivity index is 1.71. The maximum absolute atomic E-state index is 13.5. The van der Waals surface area contributed by atoms with Crippen LogP contribution < -0.4 is 16.0 Å². The first-order valence-corrected chi connectivity index (χ1v) is 13.0. The lowest BCUT2D eigenvalue weighted by atomic mass is 9.91. The topological polar surface area (TPSA) is 120 Å². The summed E-state index contributed by atoms with van der Waals surface area (Å²) in [5.74, 6) is -1.10. The molecule has 1 fully saturated rings. The van der Waals surface area contributed by atoms with Gasteiger partial charge in [0.25, 0.3) is 5.91 Å². The molecule has 0 aliphatic carbocycles. The number of rotatable bonds is 7. The largest absolute Gasteiger partial charge is 0.339 e. The Morgan fingerprint density at radius 3 is 2.43 bits per heavy atom. The third-order valence-electron chi connectivity index (χ3n) is 6.08. The average molecular weight is 532 g/mol. The van der Waals surface area contributed by atoms with Gasteiger partial charge in [-0.25, -0.2) is 14.2 Å². The first kappa shape index (κ1) is 28.2. The number of carbonyl (C=O) groups excluding carboxylic acids is 4. The van der Waals surface area contributed by atoms with Crippen LogP contribution in [0, 0.1) is 24.1 Å². The van der Waals surface area contributed by atoms with Crippen molar-refractivity contribution in [1.29, 1.82) is 0 Å². The Labute approximate surface area is 220 Å². The quantitative estimate of drug-likeness (QED) is 0.370. The van der Waals surface area contributed by atoms with Gasteiger partial charge in [0.1, 0.15) is 5.82 Å². The van der Waals surface area contributed by atoms with Gasteiger partial charge in [-0.2, -0.15) is 0 Å². The molecule has 11 heteroatoms. The molecule has 1 aromatic carbocycles. The lowest BCUT2D eigenvalue weighted by Crippen LogP contribution is -2.60. The zero-order valence-corrected chi connectivity index (χ0v) is 22.6. The molecule has 3 N–H and O–H groups in total. The molecule has 9 nitrogen and oxygen atoms in total. The molecule has 1 aliphatic heterocycles. The Hall–Kier alpha value is -3.34. The predicted octanol–water partition coefficient (Wildman–Crippen LogP) is 3.88. The number of aromatic nitrogens is 1. The fourth-order valence-electron chi connectivity index (χ4n) is 4.12. The van der Waals surface area contributed by atoms with Crippen LogP contribution in [-0.4, -0.2) is 52.8 Å². The van der Waals surface area contributed by atoms with Crippen molar-refractivity contribution in [3.05, 3.63) is 46.2 Å². The molecule has 0 radical (unpaired) electrons. The second-order valence-electron chi connectivity index (χ2n) is 10.4. The fourth-order valence-corrected chi connectivity index (χ4v) is 4.97. The lowest BCUT2D eigenvalue weighted by Gasteiger charge is -2.36. The van der Waals surface area contributed by atoms with Gasteiger partial charge in [-0.15, -0.1) is 0 Å². The normalized spacial score (nSPS) is 16.6. The molecule has 2 atom stereocenters. The molecule has 0 saturated carbocycles. The van der Waals surface area contributed by atoms with Gasteiger partial charge in [0, 0.05) is 25.4 Å². The molecule has 1 saturated heterocycles. The van der Waals surface area contributed by atoms with Crippen LogP contribution in [0.25, 0.3) is 0 Å². The number of likely N-dealkylation sites (tertiary alicyclic amines) is 1. The highest BCUT2D eigenvalue weighted by Gasteiger charge is 2.33. The van der Waals surface area contributed by atoms with Gasteiger partial charge in [-0.1, -0.05) is 44.2 Å². The summed E-state index contributed by atoms with van der Waals surface area (Å²) in [6.45, 7) is 9.18. The molecule has 1 unspecified atom stereocenters. The van der Waals surface area contributed by atoms with E-state index in [2.05, 4.69) is 20.9 Å². The first-order chi connectivity index (χ1) is 17.3. The fraction of sp³-hybridized carbons (Fsp3) is 0.500. The van der Waals surface area contributed by atoms with E-state index in [1.54, 1.807) is 44.7 Å². The van der Waals surface area contributed by atoms with E-state index in [9.17, 15) is 23.6 Å². The molecule has 37 heavy (non-hydrogen) atoms. The predicted molar refractivity (Wildman–Crippen MR) is 140 cm³/mol. The van der Waals surface area contributed by atoms with Crippen molar-refractivity contribution < 1.29 is 23.6 Å².